The van der Waals surface area contributed by atoms with Crippen LogP contribution in [-0.4, -0.2) is 0 Å². The van der Waals surface area contributed by atoms with Crippen molar-refractivity contribution in [1.82, 2.24) is 0 Å². The quantitative estimate of drug-likeness (QED) is 0.755. The molecule has 1 nitrogen and oxygen atoms in total. The predicted molar refractivity (Wildman–Crippen MR) is 82.7 cm³/mol. The summed E-state index contributed by atoms with van der Waals surface area (Å²) in [4.78, 5) is 0. The van der Waals surface area contributed by atoms with Crippen molar-refractivity contribution in [2.45, 2.75) is 13.5 Å². The minimum atomic E-state index is 0.598. The van der Waals surface area contributed by atoms with Crippen molar-refractivity contribution in [3.05, 3.63) is 62.0 Å². The maximum Gasteiger partial charge on any atom is 0.0489 e. The van der Waals surface area contributed by atoms with Gasteiger partial charge < -0.3 is 5.32 Å². The summed E-state index contributed by atoms with van der Waals surface area (Å²) in [5.74, 6) is 0. The number of halogens is 3. The van der Waals surface area contributed by atoms with Gasteiger partial charge in [-0.05, 0) is 52.7 Å². The highest BCUT2D eigenvalue weighted by Gasteiger charge is 2.06. The lowest BCUT2D eigenvalue weighted by molar-refractivity contribution is 1.14. The van der Waals surface area contributed by atoms with Crippen LogP contribution >= 0.6 is 39.1 Å². The summed E-state index contributed by atoms with van der Waals surface area (Å²) in [6.45, 7) is 2.65. The first-order chi connectivity index (χ1) is 8.58. The van der Waals surface area contributed by atoms with E-state index in [1.165, 1.54) is 5.56 Å². The highest BCUT2D eigenvalue weighted by molar-refractivity contribution is 9.10. The molecule has 0 bridgehead atoms. The van der Waals surface area contributed by atoms with E-state index >= 15 is 0 Å². The number of rotatable bonds is 3. The van der Waals surface area contributed by atoms with Crippen LogP contribution in [0.5, 0.6) is 0 Å². The summed E-state index contributed by atoms with van der Waals surface area (Å²) in [5.41, 5.74) is 3.14. The third-order valence-electron chi connectivity index (χ3n) is 2.64. The molecule has 0 radical (unpaired) electrons. The van der Waals surface area contributed by atoms with Gasteiger partial charge in [0.1, 0.15) is 0 Å². The Morgan fingerprint density at radius 2 is 1.78 bits per heavy atom. The summed E-state index contributed by atoms with van der Waals surface area (Å²) >= 11 is 15.8. The Kier molecular flexibility index (Phi) is 4.55. The summed E-state index contributed by atoms with van der Waals surface area (Å²) in [7, 11) is 0. The van der Waals surface area contributed by atoms with E-state index in [4.69, 9.17) is 23.2 Å². The van der Waals surface area contributed by atoms with Gasteiger partial charge in [-0.25, -0.2) is 0 Å². The van der Waals surface area contributed by atoms with Crippen molar-refractivity contribution < 1.29 is 0 Å². The van der Waals surface area contributed by atoms with Gasteiger partial charge in [0.15, 0.2) is 0 Å². The highest BCUT2D eigenvalue weighted by Crippen LogP contribution is 2.28. The SMILES string of the molecule is Cc1ccc(Br)c(NCc2c(Cl)cccc2Cl)c1. The van der Waals surface area contributed by atoms with E-state index in [0.717, 1.165) is 15.7 Å². The van der Waals surface area contributed by atoms with Crippen LogP contribution in [0.25, 0.3) is 0 Å². The Labute approximate surface area is 125 Å². The smallest absolute Gasteiger partial charge is 0.0489 e. The third kappa shape index (κ3) is 3.19. The second kappa shape index (κ2) is 5.96. The number of benzene rings is 2. The Balaban J connectivity index is 2.19. The van der Waals surface area contributed by atoms with Crippen molar-refractivity contribution >= 4 is 44.8 Å². The summed E-state index contributed by atoms with van der Waals surface area (Å²) in [6, 6.07) is 11.7. The van der Waals surface area contributed by atoms with Gasteiger partial charge in [0.25, 0.3) is 0 Å². The van der Waals surface area contributed by atoms with E-state index in [9.17, 15) is 0 Å². The summed E-state index contributed by atoms with van der Waals surface area (Å²) in [5, 5.41) is 4.69. The molecule has 0 atom stereocenters. The lowest BCUT2D eigenvalue weighted by Crippen LogP contribution is -2.01. The van der Waals surface area contributed by atoms with Gasteiger partial charge in [0.05, 0.1) is 0 Å². The predicted octanol–water partition coefficient (Wildman–Crippen LogP) is 5.68. The minimum Gasteiger partial charge on any atom is -0.380 e. The lowest BCUT2D eigenvalue weighted by Gasteiger charge is -2.12. The molecule has 0 aliphatic carbocycles. The molecule has 0 heterocycles. The Morgan fingerprint density at radius 3 is 2.44 bits per heavy atom. The molecule has 94 valence electrons. The van der Waals surface area contributed by atoms with E-state index in [1.54, 1.807) is 0 Å². The molecular weight excluding hydrogens is 333 g/mol. The van der Waals surface area contributed by atoms with Gasteiger partial charge in [-0.15, -0.1) is 0 Å². The Hall–Kier alpha value is -0.700. The molecule has 1 N–H and O–H groups in total. The van der Waals surface area contributed by atoms with Gasteiger partial charge in [0, 0.05) is 32.3 Å². The first kappa shape index (κ1) is 13.7. The Morgan fingerprint density at radius 1 is 1.11 bits per heavy atom. The summed E-state index contributed by atoms with van der Waals surface area (Å²) in [6.07, 6.45) is 0. The number of hydrogen-bond acceptors (Lipinski definition) is 1. The number of anilines is 1. The number of hydrogen-bond donors (Lipinski definition) is 1. The van der Waals surface area contributed by atoms with E-state index < -0.39 is 0 Å². The average Bonchev–Trinajstić information content (AvgIpc) is 2.33. The zero-order valence-corrected chi connectivity index (χ0v) is 12.9. The van der Waals surface area contributed by atoms with Gasteiger partial charge in [-0.3, -0.25) is 0 Å². The second-order valence-corrected chi connectivity index (χ2v) is 5.71. The van der Waals surface area contributed by atoms with Crippen LogP contribution < -0.4 is 5.32 Å². The van der Waals surface area contributed by atoms with E-state index in [-0.39, 0.29) is 0 Å². The molecule has 18 heavy (non-hydrogen) atoms. The largest absolute Gasteiger partial charge is 0.380 e. The van der Waals surface area contributed by atoms with E-state index in [1.807, 2.05) is 24.3 Å². The topological polar surface area (TPSA) is 12.0 Å². The molecule has 2 aromatic carbocycles. The van der Waals surface area contributed by atoms with Crippen molar-refractivity contribution in [2.24, 2.45) is 0 Å². The maximum atomic E-state index is 6.13. The fraction of sp³-hybridized carbons (Fsp3) is 0.143. The number of nitrogens with one attached hydrogen (secondary N) is 1. The molecule has 0 aromatic heterocycles. The molecule has 0 saturated heterocycles. The summed E-state index contributed by atoms with van der Waals surface area (Å²) < 4.78 is 1.02. The fourth-order valence-corrected chi connectivity index (χ4v) is 2.58. The molecule has 0 aliphatic heterocycles. The normalized spacial score (nSPS) is 10.4. The van der Waals surface area contributed by atoms with Crippen LogP contribution in [-0.2, 0) is 6.54 Å². The fourth-order valence-electron chi connectivity index (χ4n) is 1.66. The molecular formula is C14H12BrCl2N. The molecule has 0 spiro atoms. The zero-order valence-electron chi connectivity index (χ0n) is 9.81. The Bertz CT molecular complexity index is 549. The minimum absolute atomic E-state index is 0.598. The molecule has 0 unspecified atom stereocenters. The van der Waals surface area contributed by atoms with Gasteiger partial charge in [-0.1, -0.05) is 35.3 Å². The molecule has 4 heteroatoms. The van der Waals surface area contributed by atoms with Crippen LogP contribution in [0.2, 0.25) is 10.0 Å². The maximum absolute atomic E-state index is 6.13. The number of aryl methyl sites for hydroxylation is 1. The van der Waals surface area contributed by atoms with Crippen LogP contribution in [0.1, 0.15) is 11.1 Å². The zero-order chi connectivity index (χ0) is 13.1. The lowest BCUT2D eigenvalue weighted by atomic mass is 10.2. The molecule has 2 aromatic rings. The second-order valence-electron chi connectivity index (χ2n) is 4.04. The van der Waals surface area contributed by atoms with E-state index in [0.29, 0.717) is 16.6 Å². The monoisotopic (exact) mass is 343 g/mol. The molecule has 0 saturated carbocycles. The molecule has 0 aliphatic rings. The van der Waals surface area contributed by atoms with Crippen molar-refractivity contribution in [2.75, 3.05) is 5.32 Å². The van der Waals surface area contributed by atoms with Crippen LogP contribution in [0.4, 0.5) is 5.69 Å². The average molecular weight is 345 g/mol. The van der Waals surface area contributed by atoms with E-state index in [2.05, 4.69) is 40.3 Å². The van der Waals surface area contributed by atoms with Crippen molar-refractivity contribution in [1.29, 1.82) is 0 Å². The molecule has 2 rings (SSSR count). The van der Waals surface area contributed by atoms with Crippen LogP contribution in [0.15, 0.2) is 40.9 Å². The van der Waals surface area contributed by atoms with Crippen molar-refractivity contribution in [3.8, 4) is 0 Å². The standard InChI is InChI=1S/C14H12BrCl2N/c1-9-5-6-11(15)14(7-9)18-8-10-12(16)3-2-4-13(10)17/h2-7,18H,8H2,1H3. The van der Waals surface area contributed by atoms with Gasteiger partial charge in [-0.2, -0.15) is 0 Å². The van der Waals surface area contributed by atoms with Gasteiger partial charge >= 0.3 is 0 Å². The first-order valence-electron chi connectivity index (χ1n) is 5.51. The van der Waals surface area contributed by atoms with Crippen LogP contribution in [0, 0.1) is 6.92 Å². The highest BCUT2D eigenvalue weighted by atomic mass is 79.9. The third-order valence-corrected chi connectivity index (χ3v) is 4.04. The van der Waals surface area contributed by atoms with Crippen LogP contribution in [0.3, 0.4) is 0 Å². The molecule has 0 fully saturated rings. The first-order valence-corrected chi connectivity index (χ1v) is 7.06. The van der Waals surface area contributed by atoms with Crippen molar-refractivity contribution in [3.63, 3.8) is 0 Å². The van der Waals surface area contributed by atoms with Gasteiger partial charge in [0.2, 0.25) is 0 Å². The molecule has 0 amide bonds.